The van der Waals surface area contributed by atoms with Crippen LogP contribution >= 0.6 is 47.2 Å². The third-order valence-corrected chi connectivity index (χ3v) is 6.36. The van der Waals surface area contributed by atoms with E-state index >= 15 is 0 Å². The maximum Gasteiger partial charge on any atom is 0.270 e. The predicted molar refractivity (Wildman–Crippen MR) is 139 cm³/mol. The van der Waals surface area contributed by atoms with E-state index in [2.05, 4.69) is 5.32 Å². The van der Waals surface area contributed by atoms with Crippen LogP contribution in [0.4, 0.5) is 11.4 Å². The fourth-order valence-electron chi connectivity index (χ4n) is 2.97. The fourth-order valence-corrected chi connectivity index (χ4v) is 4.52. The van der Waals surface area contributed by atoms with Crippen molar-refractivity contribution >= 4 is 80.8 Å². The average molecular weight is 515 g/mol. The van der Waals surface area contributed by atoms with E-state index in [1.54, 1.807) is 78.9 Å². The summed E-state index contributed by atoms with van der Waals surface area (Å²) in [6.45, 7) is -0.137. The van der Waals surface area contributed by atoms with Gasteiger partial charge in [0.1, 0.15) is 5.75 Å². The zero-order chi connectivity index (χ0) is 23.4. The molecule has 1 saturated heterocycles. The Bertz CT molecular complexity index is 1230. The summed E-state index contributed by atoms with van der Waals surface area (Å²) in [6, 6.07) is 20.8. The monoisotopic (exact) mass is 514 g/mol. The van der Waals surface area contributed by atoms with Gasteiger partial charge in [-0.25, -0.2) is 0 Å². The molecule has 1 N–H and O–H groups in total. The number of thiocarbonyl (C=S) groups is 1. The molecule has 9 heteroatoms. The Morgan fingerprint density at radius 3 is 2.21 bits per heavy atom. The molecule has 1 heterocycles. The first-order chi connectivity index (χ1) is 15.9. The van der Waals surface area contributed by atoms with Gasteiger partial charge in [-0.1, -0.05) is 59.3 Å². The number of anilines is 2. The van der Waals surface area contributed by atoms with Crippen molar-refractivity contribution in [2.75, 3.05) is 16.8 Å². The number of hydrogen-bond donors (Lipinski definition) is 1. The highest BCUT2D eigenvalue weighted by molar-refractivity contribution is 8.27. The summed E-state index contributed by atoms with van der Waals surface area (Å²) in [7, 11) is 0. The lowest BCUT2D eigenvalue weighted by molar-refractivity contribution is -0.118. The van der Waals surface area contributed by atoms with E-state index in [9.17, 15) is 9.59 Å². The number of hydrogen-bond acceptors (Lipinski definition) is 5. The molecule has 0 atom stereocenters. The van der Waals surface area contributed by atoms with Crippen LogP contribution in [0.25, 0.3) is 6.08 Å². The van der Waals surface area contributed by atoms with Crippen molar-refractivity contribution in [2.45, 2.75) is 0 Å². The molecule has 0 aliphatic carbocycles. The summed E-state index contributed by atoms with van der Waals surface area (Å²) in [6.07, 6.45) is 1.77. The largest absolute Gasteiger partial charge is 0.484 e. The summed E-state index contributed by atoms with van der Waals surface area (Å²) in [5, 5.41) is 3.91. The molecule has 4 rings (SSSR count). The van der Waals surface area contributed by atoms with Gasteiger partial charge < -0.3 is 10.1 Å². The van der Waals surface area contributed by atoms with E-state index in [0.717, 1.165) is 5.56 Å². The van der Waals surface area contributed by atoms with Gasteiger partial charge in [0.05, 0.1) is 10.6 Å². The Morgan fingerprint density at radius 2 is 1.58 bits per heavy atom. The SMILES string of the molecule is O=C(COc1ccc(/C=C2\SC(=S)N(c3ccc(Cl)cc3)C2=O)cc1)Nc1ccc(Cl)cc1. The molecule has 0 radical (unpaired) electrons. The van der Waals surface area contributed by atoms with Crippen LogP contribution in [0.15, 0.2) is 77.7 Å². The summed E-state index contributed by atoms with van der Waals surface area (Å²) in [5.74, 6) is 0.0610. The van der Waals surface area contributed by atoms with Crippen LogP contribution in [0.3, 0.4) is 0 Å². The smallest absolute Gasteiger partial charge is 0.270 e. The summed E-state index contributed by atoms with van der Waals surface area (Å²) < 4.78 is 6.00. The van der Waals surface area contributed by atoms with Crippen LogP contribution in [-0.4, -0.2) is 22.7 Å². The number of nitrogens with zero attached hydrogens (tertiary/aromatic N) is 1. The quantitative estimate of drug-likeness (QED) is 0.304. The zero-order valence-corrected chi connectivity index (χ0v) is 20.1. The van der Waals surface area contributed by atoms with Crippen molar-refractivity contribution < 1.29 is 14.3 Å². The standard InChI is InChI=1S/C24H16Cl2N2O3S2/c25-16-3-7-18(8-4-16)27-22(29)14-31-20-11-1-15(2-12-20)13-21-23(30)28(24(32)33-21)19-9-5-17(26)6-10-19/h1-13H,14H2,(H,27,29)/b21-13-. The minimum Gasteiger partial charge on any atom is -0.484 e. The minimum absolute atomic E-state index is 0.137. The molecule has 0 saturated carbocycles. The van der Waals surface area contributed by atoms with E-state index in [0.29, 0.717) is 36.4 Å². The van der Waals surface area contributed by atoms with Gasteiger partial charge in [0.2, 0.25) is 0 Å². The molecule has 3 aromatic rings. The van der Waals surface area contributed by atoms with E-state index in [1.165, 1.54) is 16.7 Å². The Kier molecular flexibility index (Phi) is 7.35. The lowest BCUT2D eigenvalue weighted by Crippen LogP contribution is -2.27. The fraction of sp³-hybridized carbons (Fsp3) is 0.0417. The first-order valence-electron chi connectivity index (χ1n) is 9.71. The molecule has 3 aromatic carbocycles. The predicted octanol–water partition coefficient (Wildman–Crippen LogP) is 6.42. The number of nitrogens with one attached hydrogen (secondary N) is 1. The second-order valence-electron chi connectivity index (χ2n) is 6.91. The number of carbonyl (C=O) groups excluding carboxylic acids is 2. The Morgan fingerprint density at radius 1 is 0.970 bits per heavy atom. The second-order valence-corrected chi connectivity index (χ2v) is 9.45. The molecule has 0 spiro atoms. The third-order valence-electron chi connectivity index (χ3n) is 4.55. The second kappa shape index (κ2) is 10.4. The Labute approximate surface area is 210 Å². The highest BCUT2D eigenvalue weighted by atomic mass is 35.5. The lowest BCUT2D eigenvalue weighted by atomic mass is 10.2. The van der Waals surface area contributed by atoms with E-state index < -0.39 is 0 Å². The number of thioether (sulfide) groups is 1. The van der Waals surface area contributed by atoms with Crippen LogP contribution in [0.5, 0.6) is 5.75 Å². The van der Waals surface area contributed by atoms with Crippen LogP contribution in [0, 0.1) is 0 Å². The minimum atomic E-state index is -0.285. The molecule has 1 aliphatic rings. The van der Waals surface area contributed by atoms with Crippen molar-refractivity contribution in [2.24, 2.45) is 0 Å². The molecule has 5 nitrogen and oxygen atoms in total. The van der Waals surface area contributed by atoms with Gasteiger partial charge >= 0.3 is 0 Å². The van der Waals surface area contributed by atoms with Gasteiger partial charge in [0, 0.05) is 15.7 Å². The number of rotatable bonds is 6. The molecule has 2 amide bonds. The molecular weight excluding hydrogens is 499 g/mol. The van der Waals surface area contributed by atoms with Crippen molar-refractivity contribution in [3.05, 3.63) is 93.3 Å². The van der Waals surface area contributed by atoms with Crippen molar-refractivity contribution in [3.8, 4) is 5.75 Å². The van der Waals surface area contributed by atoms with E-state index in [-0.39, 0.29) is 18.4 Å². The van der Waals surface area contributed by atoms with Crippen LogP contribution in [-0.2, 0) is 9.59 Å². The number of ether oxygens (including phenoxy) is 1. The summed E-state index contributed by atoms with van der Waals surface area (Å²) in [4.78, 5) is 26.9. The van der Waals surface area contributed by atoms with Crippen LogP contribution in [0.2, 0.25) is 10.0 Å². The van der Waals surface area contributed by atoms with Gasteiger partial charge in [-0.05, 0) is 72.3 Å². The number of carbonyl (C=O) groups is 2. The Hall–Kier alpha value is -2.84. The van der Waals surface area contributed by atoms with Gasteiger partial charge in [-0.15, -0.1) is 0 Å². The maximum atomic E-state index is 12.9. The molecule has 0 bridgehead atoms. The summed E-state index contributed by atoms with van der Waals surface area (Å²) >= 11 is 18.4. The molecule has 0 unspecified atom stereocenters. The van der Waals surface area contributed by atoms with Crippen molar-refractivity contribution in [1.29, 1.82) is 0 Å². The molecule has 1 fully saturated rings. The molecule has 0 aromatic heterocycles. The normalized spacial score (nSPS) is 14.6. The molecular formula is C24H16Cl2N2O3S2. The molecule has 1 aliphatic heterocycles. The van der Waals surface area contributed by atoms with Gasteiger partial charge in [-0.3, -0.25) is 14.5 Å². The van der Waals surface area contributed by atoms with Gasteiger partial charge in [0.25, 0.3) is 11.8 Å². The van der Waals surface area contributed by atoms with Gasteiger partial charge in [-0.2, -0.15) is 0 Å². The highest BCUT2D eigenvalue weighted by Crippen LogP contribution is 2.36. The van der Waals surface area contributed by atoms with E-state index in [4.69, 9.17) is 40.2 Å². The van der Waals surface area contributed by atoms with Crippen LogP contribution < -0.4 is 15.0 Å². The average Bonchev–Trinajstić information content (AvgIpc) is 3.08. The number of halogens is 2. The van der Waals surface area contributed by atoms with E-state index in [1.807, 2.05) is 0 Å². The topological polar surface area (TPSA) is 58.6 Å². The Balaban J connectivity index is 1.36. The maximum absolute atomic E-state index is 12.9. The highest BCUT2D eigenvalue weighted by Gasteiger charge is 2.33. The lowest BCUT2D eigenvalue weighted by Gasteiger charge is -2.14. The first-order valence-corrected chi connectivity index (χ1v) is 11.7. The van der Waals surface area contributed by atoms with Crippen molar-refractivity contribution in [3.63, 3.8) is 0 Å². The third kappa shape index (κ3) is 5.94. The first kappa shape index (κ1) is 23.3. The van der Waals surface area contributed by atoms with Crippen molar-refractivity contribution in [1.82, 2.24) is 0 Å². The van der Waals surface area contributed by atoms with Crippen LogP contribution in [0.1, 0.15) is 5.56 Å². The molecule has 33 heavy (non-hydrogen) atoms. The number of benzene rings is 3. The zero-order valence-electron chi connectivity index (χ0n) is 17.0. The van der Waals surface area contributed by atoms with Gasteiger partial charge in [0.15, 0.2) is 10.9 Å². The number of amides is 2. The summed E-state index contributed by atoms with van der Waals surface area (Å²) in [5.41, 5.74) is 2.12. The molecule has 166 valence electrons.